The van der Waals surface area contributed by atoms with Gasteiger partial charge in [0.1, 0.15) is 5.82 Å². The quantitative estimate of drug-likeness (QED) is 0.623. The van der Waals surface area contributed by atoms with E-state index in [4.69, 9.17) is 0 Å². The van der Waals surface area contributed by atoms with Gasteiger partial charge in [0.2, 0.25) is 0 Å². The Kier molecular flexibility index (Phi) is 5.94. The Morgan fingerprint density at radius 1 is 1.14 bits per heavy atom. The summed E-state index contributed by atoms with van der Waals surface area (Å²) in [5, 5.41) is 12.9. The number of hydrogen-bond donors (Lipinski definition) is 2. The van der Waals surface area contributed by atoms with Crippen molar-refractivity contribution in [3.63, 3.8) is 0 Å². The monoisotopic (exact) mass is 394 g/mol. The van der Waals surface area contributed by atoms with Crippen LogP contribution in [0.4, 0.5) is 4.39 Å². The number of nitrogens with zero attached hydrogens (tertiary/aromatic N) is 1. The first-order valence-corrected chi connectivity index (χ1v) is 9.32. The van der Waals surface area contributed by atoms with Crippen LogP contribution in [0.15, 0.2) is 54.6 Å². The van der Waals surface area contributed by atoms with Crippen LogP contribution in [0.2, 0.25) is 0 Å². The Morgan fingerprint density at radius 2 is 1.79 bits per heavy atom. The van der Waals surface area contributed by atoms with Crippen LogP contribution in [0.5, 0.6) is 0 Å². The number of aliphatic hydroxyl groups excluding tert-OH is 1. The minimum absolute atomic E-state index is 0.213. The summed E-state index contributed by atoms with van der Waals surface area (Å²) in [6.45, 7) is 5.16. The summed E-state index contributed by atoms with van der Waals surface area (Å²) in [7, 11) is 0. The molecule has 0 aliphatic heterocycles. The van der Waals surface area contributed by atoms with Crippen LogP contribution in [0, 0.1) is 19.7 Å². The lowest BCUT2D eigenvalue weighted by molar-refractivity contribution is 0.0855. The van der Waals surface area contributed by atoms with Crippen molar-refractivity contribution in [1.82, 2.24) is 9.88 Å². The summed E-state index contributed by atoms with van der Waals surface area (Å²) in [6, 6.07) is 13.9. The molecule has 29 heavy (non-hydrogen) atoms. The number of nitrogens with one attached hydrogen (secondary N) is 1. The number of carbonyl (C=O) groups excluding carboxylic acids is 2. The fourth-order valence-corrected chi connectivity index (χ4v) is 3.54. The van der Waals surface area contributed by atoms with E-state index < -0.39 is 23.9 Å². The first-order valence-electron chi connectivity index (χ1n) is 9.32. The van der Waals surface area contributed by atoms with Crippen molar-refractivity contribution in [3.8, 4) is 5.69 Å². The zero-order valence-electron chi connectivity index (χ0n) is 16.5. The van der Waals surface area contributed by atoms with Gasteiger partial charge in [-0.25, -0.2) is 4.39 Å². The van der Waals surface area contributed by atoms with E-state index in [9.17, 15) is 19.1 Å². The second-order valence-electron chi connectivity index (χ2n) is 7.01. The summed E-state index contributed by atoms with van der Waals surface area (Å²) in [6.07, 6.45) is -0.219. The summed E-state index contributed by atoms with van der Waals surface area (Å²) >= 11 is 0. The normalized spacial score (nSPS) is 13.0. The first kappa shape index (κ1) is 20.5. The maximum Gasteiger partial charge on any atom is 0.253 e. The van der Waals surface area contributed by atoms with E-state index in [0.717, 1.165) is 17.7 Å². The molecule has 1 amide bonds. The number of hydrogen-bond acceptors (Lipinski definition) is 3. The number of aliphatic hydroxyl groups is 1. The lowest BCUT2D eigenvalue weighted by atomic mass is 10.0. The molecule has 0 radical (unpaired) electrons. The van der Waals surface area contributed by atoms with Gasteiger partial charge in [0.25, 0.3) is 5.91 Å². The van der Waals surface area contributed by atoms with Gasteiger partial charge in [-0.05, 0) is 45.0 Å². The number of aromatic nitrogens is 1. The molecule has 1 heterocycles. The Hall–Kier alpha value is -3.25. The van der Waals surface area contributed by atoms with Gasteiger partial charge >= 0.3 is 0 Å². The molecule has 2 N–H and O–H groups in total. The highest BCUT2D eigenvalue weighted by atomic mass is 19.1. The van der Waals surface area contributed by atoms with Crippen molar-refractivity contribution < 1.29 is 19.1 Å². The third-order valence-electron chi connectivity index (χ3n) is 5.00. The predicted octanol–water partition coefficient (Wildman–Crippen LogP) is 3.90. The average molecular weight is 394 g/mol. The molecule has 3 aromatic rings. The van der Waals surface area contributed by atoms with Crippen LogP contribution in [0.3, 0.4) is 0 Å². The Morgan fingerprint density at radius 3 is 2.41 bits per heavy atom. The van der Waals surface area contributed by atoms with Gasteiger partial charge in [-0.15, -0.1) is 0 Å². The van der Waals surface area contributed by atoms with Gasteiger partial charge in [-0.1, -0.05) is 30.3 Å². The maximum atomic E-state index is 14.2. The summed E-state index contributed by atoms with van der Waals surface area (Å²) in [4.78, 5) is 24.4. The second kappa shape index (κ2) is 8.41. The number of rotatable bonds is 6. The fourth-order valence-electron chi connectivity index (χ4n) is 3.54. The molecule has 0 fully saturated rings. The molecule has 0 aliphatic carbocycles. The Balaban J connectivity index is 2.02. The molecule has 2 unspecified atom stereocenters. The van der Waals surface area contributed by atoms with Gasteiger partial charge in [-0.3, -0.25) is 9.59 Å². The number of carbonyl (C=O) groups is 2. The molecule has 6 heteroatoms. The predicted molar refractivity (Wildman–Crippen MR) is 109 cm³/mol. The first-order chi connectivity index (χ1) is 13.8. The van der Waals surface area contributed by atoms with Crippen LogP contribution in [-0.4, -0.2) is 28.0 Å². The molecule has 2 aromatic carbocycles. The average Bonchev–Trinajstić information content (AvgIpc) is 2.99. The minimum atomic E-state index is -1.00. The van der Waals surface area contributed by atoms with Gasteiger partial charge in [0.05, 0.1) is 23.4 Å². The van der Waals surface area contributed by atoms with Crippen LogP contribution in [0.25, 0.3) is 5.69 Å². The topological polar surface area (TPSA) is 71.3 Å². The minimum Gasteiger partial charge on any atom is -0.391 e. The molecule has 0 saturated carbocycles. The number of aldehydes is 1. The van der Waals surface area contributed by atoms with Crippen molar-refractivity contribution in [3.05, 3.63) is 88.5 Å². The molecule has 150 valence electrons. The molecular weight excluding hydrogens is 371 g/mol. The molecule has 0 saturated heterocycles. The summed E-state index contributed by atoms with van der Waals surface area (Å²) in [5.74, 6) is -0.949. The molecule has 3 rings (SSSR count). The molecule has 0 bridgehead atoms. The number of aryl methyl sites for hydroxylation is 1. The molecule has 5 nitrogen and oxygen atoms in total. The fraction of sp³-hybridized carbons (Fsp3) is 0.217. The van der Waals surface area contributed by atoms with Crippen LogP contribution >= 0.6 is 0 Å². The van der Waals surface area contributed by atoms with E-state index >= 15 is 0 Å². The van der Waals surface area contributed by atoms with Crippen LogP contribution < -0.4 is 5.32 Å². The second-order valence-corrected chi connectivity index (χ2v) is 7.01. The summed E-state index contributed by atoms with van der Waals surface area (Å²) < 4.78 is 16.1. The SMILES string of the molecule is Cc1cc(C=O)c(C)n1-c1ccccc1C(=O)NC(c1ccccc1F)C(C)O. The van der Waals surface area contributed by atoms with E-state index in [1.54, 1.807) is 42.5 Å². The van der Waals surface area contributed by atoms with Gasteiger partial charge in [0.15, 0.2) is 6.29 Å². The number of halogens is 1. The zero-order chi connectivity index (χ0) is 21.1. The molecular formula is C23H23FN2O3. The van der Waals surface area contributed by atoms with E-state index in [0.29, 0.717) is 16.8 Å². The van der Waals surface area contributed by atoms with E-state index in [1.165, 1.54) is 19.1 Å². The van der Waals surface area contributed by atoms with Crippen molar-refractivity contribution in [2.75, 3.05) is 0 Å². The van der Waals surface area contributed by atoms with Gasteiger partial charge in [-0.2, -0.15) is 0 Å². The molecule has 2 atom stereocenters. The van der Waals surface area contributed by atoms with Gasteiger partial charge in [0, 0.05) is 22.5 Å². The third kappa shape index (κ3) is 3.98. The number of amides is 1. The van der Waals surface area contributed by atoms with E-state index in [1.807, 2.05) is 18.4 Å². The highest BCUT2D eigenvalue weighted by Gasteiger charge is 2.25. The Labute approximate surface area is 168 Å². The maximum absolute atomic E-state index is 14.2. The molecule has 0 aliphatic rings. The van der Waals surface area contributed by atoms with E-state index in [-0.39, 0.29) is 5.56 Å². The Bertz CT molecular complexity index is 1060. The number of benzene rings is 2. The zero-order valence-corrected chi connectivity index (χ0v) is 16.5. The van der Waals surface area contributed by atoms with Crippen molar-refractivity contribution >= 4 is 12.2 Å². The number of para-hydroxylation sites is 1. The standard InChI is InChI=1S/C23H23FN2O3/c1-14-12-17(13-27)15(2)26(14)21-11-7-5-9-19(21)23(29)25-22(16(3)28)18-8-4-6-10-20(18)24/h4-13,16,22,28H,1-3H3,(H,25,29). The van der Waals surface area contributed by atoms with Crippen molar-refractivity contribution in [2.24, 2.45) is 0 Å². The molecule has 1 aromatic heterocycles. The van der Waals surface area contributed by atoms with Crippen LogP contribution in [-0.2, 0) is 0 Å². The third-order valence-corrected chi connectivity index (χ3v) is 5.00. The summed E-state index contributed by atoms with van der Waals surface area (Å²) in [5.41, 5.74) is 3.25. The highest BCUT2D eigenvalue weighted by molar-refractivity contribution is 5.98. The lowest BCUT2D eigenvalue weighted by Crippen LogP contribution is -2.36. The van der Waals surface area contributed by atoms with E-state index in [2.05, 4.69) is 5.32 Å². The smallest absolute Gasteiger partial charge is 0.253 e. The van der Waals surface area contributed by atoms with Crippen molar-refractivity contribution in [1.29, 1.82) is 0 Å². The largest absolute Gasteiger partial charge is 0.391 e. The highest BCUT2D eigenvalue weighted by Crippen LogP contribution is 2.25. The van der Waals surface area contributed by atoms with Crippen LogP contribution in [0.1, 0.15) is 50.6 Å². The lowest BCUT2D eigenvalue weighted by Gasteiger charge is -2.23. The van der Waals surface area contributed by atoms with Crippen molar-refractivity contribution in [2.45, 2.75) is 32.9 Å². The van der Waals surface area contributed by atoms with Gasteiger partial charge < -0.3 is 15.0 Å². The molecule has 0 spiro atoms.